The zero-order valence-electron chi connectivity index (χ0n) is 9.22. The molecule has 0 radical (unpaired) electrons. The predicted octanol–water partition coefficient (Wildman–Crippen LogP) is 4.05. The Labute approximate surface area is 111 Å². The highest BCUT2D eigenvalue weighted by atomic mass is 79.9. The smallest absolute Gasteiger partial charge is 0.276 e. The molecule has 3 rings (SSSR count). The summed E-state index contributed by atoms with van der Waals surface area (Å²) in [6.07, 6.45) is 0.523. The lowest BCUT2D eigenvalue weighted by atomic mass is 9.99. The van der Waals surface area contributed by atoms with E-state index < -0.39 is 0 Å². The van der Waals surface area contributed by atoms with E-state index in [-0.39, 0.29) is 10.6 Å². The number of nitrogens with zero attached hydrogens (tertiary/aromatic N) is 1. The second-order valence-corrected chi connectivity index (χ2v) is 4.96. The molecule has 2 aromatic carbocycles. The van der Waals surface area contributed by atoms with Crippen LogP contribution in [0.5, 0.6) is 11.5 Å². The second kappa shape index (κ2) is 4.10. The molecule has 90 valence electrons. The van der Waals surface area contributed by atoms with Crippen LogP contribution in [0.25, 0.3) is 0 Å². The van der Waals surface area contributed by atoms with Crippen LogP contribution in [0.15, 0.2) is 40.9 Å². The first-order valence-electron chi connectivity index (χ1n) is 5.38. The predicted molar refractivity (Wildman–Crippen MR) is 70.1 cm³/mol. The molecule has 18 heavy (non-hydrogen) atoms. The Bertz CT molecular complexity index is 655. The third-order valence-electron chi connectivity index (χ3n) is 2.92. The fraction of sp³-hybridized carbons (Fsp3) is 0.0769. The lowest BCUT2D eigenvalue weighted by Gasteiger charge is -2.20. The Morgan fingerprint density at radius 1 is 1.22 bits per heavy atom. The van der Waals surface area contributed by atoms with Crippen LogP contribution in [0.2, 0.25) is 0 Å². The highest BCUT2D eigenvalue weighted by molar-refractivity contribution is 9.10. The number of hydrogen-bond donors (Lipinski definition) is 0. The topological polar surface area (TPSA) is 52.4 Å². The molecule has 0 fully saturated rings. The second-order valence-electron chi connectivity index (χ2n) is 4.04. The third kappa shape index (κ3) is 1.76. The van der Waals surface area contributed by atoms with Gasteiger partial charge >= 0.3 is 0 Å². The summed E-state index contributed by atoms with van der Waals surface area (Å²) in [4.78, 5) is 10.6. The minimum absolute atomic E-state index is 0.112. The molecular weight excluding hydrogens is 298 g/mol. The number of benzene rings is 2. The number of nitro groups is 1. The normalized spacial score (nSPS) is 12.3. The summed E-state index contributed by atoms with van der Waals surface area (Å²) in [6, 6.07) is 10.6. The molecule has 5 heteroatoms. The molecule has 0 spiro atoms. The van der Waals surface area contributed by atoms with Gasteiger partial charge in [0.25, 0.3) is 5.69 Å². The Kier molecular flexibility index (Phi) is 2.56. The summed E-state index contributed by atoms with van der Waals surface area (Å²) < 4.78 is 6.64. The van der Waals surface area contributed by atoms with E-state index in [9.17, 15) is 10.1 Å². The van der Waals surface area contributed by atoms with Crippen molar-refractivity contribution in [3.8, 4) is 11.5 Å². The zero-order chi connectivity index (χ0) is 12.7. The number of ether oxygens (including phenoxy) is 1. The van der Waals surface area contributed by atoms with Crippen molar-refractivity contribution in [1.82, 2.24) is 0 Å². The molecule has 0 amide bonds. The van der Waals surface area contributed by atoms with Gasteiger partial charge in [0.1, 0.15) is 11.5 Å². The zero-order valence-corrected chi connectivity index (χ0v) is 10.8. The van der Waals surface area contributed by atoms with E-state index in [4.69, 9.17) is 4.74 Å². The lowest BCUT2D eigenvalue weighted by molar-refractivity contribution is -0.385. The molecule has 4 nitrogen and oxygen atoms in total. The molecule has 1 aliphatic rings. The van der Waals surface area contributed by atoms with Crippen molar-refractivity contribution in [2.24, 2.45) is 0 Å². The lowest BCUT2D eigenvalue weighted by Crippen LogP contribution is -2.05. The third-order valence-corrected chi connectivity index (χ3v) is 3.41. The van der Waals surface area contributed by atoms with Crippen LogP contribution in [0.3, 0.4) is 0 Å². The summed E-state index contributed by atoms with van der Waals surface area (Å²) in [5.74, 6) is 1.31. The summed E-state index contributed by atoms with van der Waals surface area (Å²) in [5.41, 5.74) is 1.71. The molecule has 0 atom stereocenters. The van der Waals surface area contributed by atoms with Crippen LogP contribution in [-0.2, 0) is 6.42 Å². The fourth-order valence-electron chi connectivity index (χ4n) is 2.08. The van der Waals surface area contributed by atoms with Crippen molar-refractivity contribution in [1.29, 1.82) is 0 Å². The van der Waals surface area contributed by atoms with E-state index in [2.05, 4.69) is 15.9 Å². The van der Waals surface area contributed by atoms with Crippen molar-refractivity contribution in [3.63, 3.8) is 0 Å². The summed E-state index contributed by atoms with van der Waals surface area (Å²) >= 11 is 3.38. The van der Waals surface area contributed by atoms with Gasteiger partial charge < -0.3 is 4.74 Å². The van der Waals surface area contributed by atoms with Gasteiger partial charge in [-0.2, -0.15) is 0 Å². The largest absolute Gasteiger partial charge is 0.456 e. The van der Waals surface area contributed by atoms with Crippen molar-refractivity contribution >= 4 is 21.6 Å². The first-order chi connectivity index (χ1) is 8.65. The molecule has 1 aliphatic heterocycles. The molecular formula is C13H8BrNO3. The number of halogens is 1. The van der Waals surface area contributed by atoms with Gasteiger partial charge in [0, 0.05) is 17.0 Å². The van der Waals surface area contributed by atoms with Crippen molar-refractivity contribution in [2.75, 3.05) is 0 Å². The molecule has 0 unspecified atom stereocenters. The highest BCUT2D eigenvalue weighted by Gasteiger charge is 2.24. The van der Waals surface area contributed by atoms with E-state index in [1.165, 1.54) is 6.07 Å². The van der Waals surface area contributed by atoms with E-state index >= 15 is 0 Å². The van der Waals surface area contributed by atoms with Crippen molar-refractivity contribution in [2.45, 2.75) is 6.42 Å². The van der Waals surface area contributed by atoms with E-state index in [1.54, 1.807) is 12.1 Å². The average molecular weight is 306 g/mol. The highest BCUT2D eigenvalue weighted by Crippen LogP contribution is 2.41. The van der Waals surface area contributed by atoms with E-state index in [1.807, 2.05) is 18.2 Å². The standard InChI is InChI=1S/C13H8BrNO3/c14-9-5-4-8-6-10-11(15(16)17)2-1-3-12(10)18-13(8)7-9/h1-5,7H,6H2. The summed E-state index contributed by atoms with van der Waals surface area (Å²) in [5, 5.41) is 11.0. The number of fused-ring (bicyclic) bond motifs is 2. The van der Waals surface area contributed by atoms with E-state index in [0.29, 0.717) is 17.7 Å². The van der Waals surface area contributed by atoms with Crippen LogP contribution >= 0.6 is 15.9 Å². The van der Waals surface area contributed by atoms with Gasteiger partial charge in [-0.15, -0.1) is 0 Å². The maximum Gasteiger partial charge on any atom is 0.276 e. The maximum atomic E-state index is 11.0. The maximum absolute atomic E-state index is 11.0. The van der Waals surface area contributed by atoms with Crippen LogP contribution in [0, 0.1) is 10.1 Å². The van der Waals surface area contributed by atoms with Gasteiger partial charge in [-0.1, -0.05) is 28.1 Å². The SMILES string of the molecule is O=[N+]([O-])c1cccc2c1Cc1ccc(Br)cc1O2. The minimum atomic E-state index is -0.369. The van der Waals surface area contributed by atoms with Crippen molar-refractivity contribution in [3.05, 3.63) is 62.1 Å². The van der Waals surface area contributed by atoms with Crippen LogP contribution in [-0.4, -0.2) is 4.92 Å². The first-order valence-corrected chi connectivity index (χ1v) is 6.17. The summed E-state index contributed by atoms with van der Waals surface area (Å²) in [6.45, 7) is 0. The van der Waals surface area contributed by atoms with Crippen LogP contribution in [0.4, 0.5) is 5.69 Å². The average Bonchev–Trinajstić information content (AvgIpc) is 2.35. The molecule has 0 saturated heterocycles. The molecule has 1 heterocycles. The van der Waals surface area contributed by atoms with Gasteiger partial charge in [-0.25, -0.2) is 0 Å². The van der Waals surface area contributed by atoms with Crippen LogP contribution in [0.1, 0.15) is 11.1 Å². The minimum Gasteiger partial charge on any atom is -0.456 e. The number of nitro benzene ring substituents is 1. The Balaban J connectivity index is 2.13. The number of hydrogen-bond acceptors (Lipinski definition) is 3. The van der Waals surface area contributed by atoms with Gasteiger partial charge in [-0.3, -0.25) is 10.1 Å². The molecule has 0 aromatic heterocycles. The quantitative estimate of drug-likeness (QED) is 0.503. The molecule has 0 N–H and O–H groups in total. The van der Waals surface area contributed by atoms with Crippen molar-refractivity contribution < 1.29 is 9.66 Å². The monoisotopic (exact) mass is 305 g/mol. The van der Waals surface area contributed by atoms with E-state index in [0.717, 1.165) is 15.8 Å². The Hall–Kier alpha value is -1.88. The molecule has 2 aromatic rings. The van der Waals surface area contributed by atoms with Gasteiger partial charge in [0.05, 0.1) is 10.5 Å². The Morgan fingerprint density at radius 2 is 2.06 bits per heavy atom. The van der Waals surface area contributed by atoms with Gasteiger partial charge in [-0.05, 0) is 23.8 Å². The van der Waals surface area contributed by atoms with Gasteiger partial charge in [0.2, 0.25) is 0 Å². The number of rotatable bonds is 1. The van der Waals surface area contributed by atoms with Gasteiger partial charge in [0.15, 0.2) is 0 Å². The molecule has 0 saturated carbocycles. The summed E-state index contributed by atoms with van der Waals surface area (Å²) in [7, 11) is 0. The molecule has 0 aliphatic carbocycles. The van der Waals surface area contributed by atoms with Crippen LogP contribution < -0.4 is 4.74 Å². The molecule has 0 bridgehead atoms. The fourth-order valence-corrected chi connectivity index (χ4v) is 2.42. The first kappa shape index (κ1) is 11.2. The Morgan fingerprint density at radius 3 is 2.83 bits per heavy atom.